The second-order valence-electron chi connectivity index (χ2n) is 8.31. The summed E-state index contributed by atoms with van der Waals surface area (Å²) in [5.41, 5.74) is 4.97. The molecule has 0 saturated heterocycles. The average molecular weight is 324 g/mol. The summed E-state index contributed by atoms with van der Waals surface area (Å²) in [6.45, 7) is 2.15. The number of hydrogen-bond donors (Lipinski definition) is 1. The van der Waals surface area contributed by atoms with Crippen LogP contribution in [0.15, 0.2) is 35.4 Å². The van der Waals surface area contributed by atoms with Crippen LogP contribution in [-0.4, -0.2) is 11.6 Å². The van der Waals surface area contributed by atoms with Crippen molar-refractivity contribution in [1.82, 2.24) is 5.43 Å². The minimum atomic E-state index is -0.119. The first-order chi connectivity index (χ1) is 11.7. The predicted octanol–water partition coefficient (Wildman–Crippen LogP) is 4.52. The first-order valence-electron chi connectivity index (χ1n) is 9.61. The zero-order valence-corrected chi connectivity index (χ0v) is 14.6. The van der Waals surface area contributed by atoms with Crippen molar-refractivity contribution in [1.29, 1.82) is 0 Å². The lowest BCUT2D eigenvalue weighted by Gasteiger charge is -2.55. The second kappa shape index (κ2) is 6.34. The molecule has 0 spiro atoms. The summed E-state index contributed by atoms with van der Waals surface area (Å²) in [6, 6.07) is 10.2. The summed E-state index contributed by atoms with van der Waals surface area (Å²) in [5.74, 6) is 2.55. The summed E-state index contributed by atoms with van der Waals surface area (Å²) < 4.78 is 0. The molecule has 1 aromatic carbocycles. The summed E-state index contributed by atoms with van der Waals surface area (Å²) >= 11 is 0. The first-order valence-corrected chi connectivity index (χ1v) is 9.61. The molecule has 0 unspecified atom stereocenters. The predicted molar refractivity (Wildman–Crippen MR) is 96.6 cm³/mol. The van der Waals surface area contributed by atoms with Gasteiger partial charge in [0.25, 0.3) is 0 Å². The number of nitrogens with one attached hydrogen (secondary N) is 1. The fraction of sp³-hybridized carbons (Fsp3) is 0.619. The van der Waals surface area contributed by atoms with E-state index in [9.17, 15) is 4.79 Å². The molecule has 4 saturated carbocycles. The molecule has 3 heteroatoms. The van der Waals surface area contributed by atoms with Gasteiger partial charge in [0.15, 0.2) is 0 Å². The number of hydrazone groups is 1. The Kier molecular flexibility index (Phi) is 4.19. The number of hydrogen-bond acceptors (Lipinski definition) is 2. The average Bonchev–Trinajstić information content (AvgIpc) is 2.58. The first kappa shape index (κ1) is 15.9. The van der Waals surface area contributed by atoms with Gasteiger partial charge >= 0.3 is 0 Å². The number of amides is 1. The van der Waals surface area contributed by atoms with E-state index in [1.807, 2.05) is 18.2 Å². The molecule has 0 heterocycles. The molecule has 0 radical (unpaired) electrons. The highest BCUT2D eigenvalue weighted by Crippen LogP contribution is 2.60. The van der Waals surface area contributed by atoms with Crippen molar-refractivity contribution in [2.75, 3.05) is 0 Å². The lowest BCUT2D eigenvalue weighted by Crippen LogP contribution is -2.52. The maximum atomic E-state index is 13.0. The van der Waals surface area contributed by atoms with Gasteiger partial charge in [-0.3, -0.25) is 4.79 Å². The molecule has 0 aliphatic heterocycles. The number of carbonyl (C=O) groups is 1. The Hall–Kier alpha value is -1.64. The monoisotopic (exact) mass is 324 g/mol. The number of nitrogens with zero attached hydrogens (tertiary/aromatic N) is 1. The zero-order valence-electron chi connectivity index (χ0n) is 14.6. The number of benzene rings is 1. The molecule has 128 valence electrons. The second-order valence-corrected chi connectivity index (χ2v) is 8.31. The Morgan fingerprint density at radius 3 is 2.21 bits per heavy atom. The molecule has 4 bridgehead atoms. The number of rotatable bonds is 5. The quantitative estimate of drug-likeness (QED) is 0.628. The van der Waals surface area contributed by atoms with E-state index in [4.69, 9.17) is 0 Å². The maximum Gasteiger partial charge on any atom is 0.246 e. The van der Waals surface area contributed by atoms with Crippen LogP contribution in [0.5, 0.6) is 0 Å². The number of carbonyl (C=O) groups excluding carboxylic acids is 1. The van der Waals surface area contributed by atoms with Crippen LogP contribution in [0.4, 0.5) is 0 Å². The molecule has 4 aliphatic carbocycles. The van der Waals surface area contributed by atoms with E-state index >= 15 is 0 Å². The lowest BCUT2D eigenvalue weighted by molar-refractivity contribution is -0.146. The molecular weight excluding hydrogens is 296 g/mol. The standard InChI is InChI=1S/C21H28N2O/c1-2-6-19(18-7-4-3-5-8-18)22-23-20(24)21-12-15-9-16(13-21)11-17(10-15)14-21/h3-5,7-8,15-17H,2,6,9-14H2,1H3,(H,23,24)/b22-19-. The summed E-state index contributed by atoms with van der Waals surface area (Å²) in [7, 11) is 0. The SMILES string of the molecule is CCC/C(=N/NC(=O)C12CC3CC(CC(C3)C1)C2)c1ccccc1. The maximum absolute atomic E-state index is 13.0. The van der Waals surface area contributed by atoms with Crippen LogP contribution >= 0.6 is 0 Å². The summed E-state index contributed by atoms with van der Waals surface area (Å²) in [4.78, 5) is 13.0. The van der Waals surface area contributed by atoms with Gasteiger partial charge in [-0.1, -0.05) is 43.7 Å². The van der Waals surface area contributed by atoms with Gasteiger partial charge in [0.2, 0.25) is 5.91 Å². The highest BCUT2D eigenvalue weighted by molar-refractivity contribution is 6.01. The van der Waals surface area contributed by atoms with E-state index in [2.05, 4.69) is 29.6 Å². The Morgan fingerprint density at radius 2 is 1.67 bits per heavy atom. The summed E-state index contributed by atoms with van der Waals surface area (Å²) in [6.07, 6.45) is 9.28. The molecule has 24 heavy (non-hydrogen) atoms. The Labute approximate surface area is 144 Å². The molecule has 1 N–H and O–H groups in total. The van der Waals surface area contributed by atoms with Gasteiger partial charge in [-0.15, -0.1) is 0 Å². The van der Waals surface area contributed by atoms with Crippen LogP contribution < -0.4 is 5.43 Å². The van der Waals surface area contributed by atoms with Gasteiger partial charge < -0.3 is 0 Å². The van der Waals surface area contributed by atoms with Crippen LogP contribution in [0.25, 0.3) is 0 Å². The largest absolute Gasteiger partial charge is 0.273 e. The lowest BCUT2D eigenvalue weighted by atomic mass is 9.49. The highest BCUT2D eigenvalue weighted by atomic mass is 16.2. The van der Waals surface area contributed by atoms with Gasteiger partial charge in [-0.2, -0.15) is 5.10 Å². The molecule has 0 aromatic heterocycles. The van der Waals surface area contributed by atoms with Crippen LogP contribution in [0.1, 0.15) is 63.9 Å². The molecule has 4 fully saturated rings. The van der Waals surface area contributed by atoms with Crippen molar-refractivity contribution in [3.63, 3.8) is 0 Å². The van der Waals surface area contributed by atoms with E-state index in [0.29, 0.717) is 0 Å². The van der Waals surface area contributed by atoms with Crippen molar-refractivity contribution in [2.24, 2.45) is 28.3 Å². The van der Waals surface area contributed by atoms with E-state index in [1.54, 1.807) is 0 Å². The fourth-order valence-corrected chi connectivity index (χ4v) is 5.76. The van der Waals surface area contributed by atoms with Gasteiger partial charge in [0.1, 0.15) is 0 Å². The van der Waals surface area contributed by atoms with Crippen LogP contribution in [0.2, 0.25) is 0 Å². The van der Waals surface area contributed by atoms with E-state index in [1.165, 1.54) is 19.3 Å². The molecule has 5 rings (SSSR count). The molecular formula is C21H28N2O. The van der Waals surface area contributed by atoms with Crippen LogP contribution in [-0.2, 0) is 4.79 Å². The topological polar surface area (TPSA) is 41.5 Å². The van der Waals surface area contributed by atoms with Crippen LogP contribution in [0, 0.1) is 23.2 Å². The van der Waals surface area contributed by atoms with E-state index in [-0.39, 0.29) is 11.3 Å². The molecule has 1 aromatic rings. The van der Waals surface area contributed by atoms with Crippen molar-refractivity contribution in [3.05, 3.63) is 35.9 Å². The molecule has 1 amide bonds. The Balaban J connectivity index is 1.51. The third kappa shape index (κ3) is 2.89. The van der Waals surface area contributed by atoms with Gasteiger partial charge in [-0.25, -0.2) is 5.43 Å². The normalized spacial score (nSPS) is 34.4. The molecule has 0 atom stereocenters. The third-order valence-electron chi connectivity index (χ3n) is 6.41. The molecule has 4 aliphatic rings. The summed E-state index contributed by atoms with van der Waals surface area (Å²) in [5, 5.41) is 4.56. The van der Waals surface area contributed by atoms with E-state index < -0.39 is 0 Å². The van der Waals surface area contributed by atoms with E-state index in [0.717, 1.165) is 61.1 Å². The van der Waals surface area contributed by atoms with Crippen molar-refractivity contribution < 1.29 is 4.79 Å². The van der Waals surface area contributed by atoms with Gasteiger partial charge in [0.05, 0.1) is 11.1 Å². The van der Waals surface area contributed by atoms with Crippen molar-refractivity contribution >= 4 is 11.6 Å². The fourth-order valence-electron chi connectivity index (χ4n) is 5.76. The van der Waals surface area contributed by atoms with Gasteiger partial charge in [-0.05, 0) is 68.3 Å². The van der Waals surface area contributed by atoms with Crippen molar-refractivity contribution in [2.45, 2.75) is 58.3 Å². The Morgan fingerprint density at radius 1 is 1.08 bits per heavy atom. The molecule has 3 nitrogen and oxygen atoms in total. The van der Waals surface area contributed by atoms with Crippen LogP contribution in [0.3, 0.4) is 0 Å². The van der Waals surface area contributed by atoms with Crippen molar-refractivity contribution in [3.8, 4) is 0 Å². The smallest absolute Gasteiger partial charge is 0.246 e. The highest BCUT2D eigenvalue weighted by Gasteiger charge is 2.54. The third-order valence-corrected chi connectivity index (χ3v) is 6.41. The van der Waals surface area contributed by atoms with Gasteiger partial charge in [0, 0.05) is 0 Å². The Bertz CT molecular complexity index is 599. The minimum Gasteiger partial charge on any atom is -0.273 e. The zero-order chi connectivity index (χ0) is 16.6. The minimum absolute atomic E-state index is 0.119.